The number of aryl methyl sites for hydroxylation is 1. The van der Waals surface area contributed by atoms with E-state index in [2.05, 4.69) is 4.72 Å². The van der Waals surface area contributed by atoms with Gasteiger partial charge in [-0.25, -0.2) is 8.42 Å². The number of phenols is 1. The van der Waals surface area contributed by atoms with Crippen molar-refractivity contribution in [3.05, 3.63) is 60.2 Å². The average Bonchev–Trinajstić information content (AvgIpc) is 2.65. The minimum Gasteiger partial charge on any atom is -0.550 e. The molecule has 0 saturated carbocycles. The number of hydrogen-bond acceptors (Lipinski definition) is 6. The third-order valence-electron chi connectivity index (χ3n) is 4.12. The molecule has 28 heavy (non-hydrogen) atoms. The van der Waals surface area contributed by atoms with Gasteiger partial charge >= 0.3 is 0 Å². The summed E-state index contributed by atoms with van der Waals surface area (Å²) in [5, 5.41) is 22.2. The number of anilines is 1. The van der Waals surface area contributed by atoms with Crippen LogP contribution in [0.5, 0.6) is 5.75 Å². The van der Waals surface area contributed by atoms with E-state index in [1.165, 1.54) is 18.2 Å². The molecule has 0 radical (unpaired) electrons. The highest BCUT2D eigenvalue weighted by Crippen LogP contribution is 2.40. The molecule has 0 unspecified atom stereocenters. The van der Waals surface area contributed by atoms with Crippen LogP contribution in [0.15, 0.2) is 64.4 Å². The van der Waals surface area contributed by atoms with E-state index in [4.69, 9.17) is 0 Å². The van der Waals surface area contributed by atoms with Crippen LogP contribution in [0.1, 0.15) is 12.0 Å². The maximum atomic E-state index is 12.8. The lowest BCUT2D eigenvalue weighted by Gasteiger charge is -2.15. The molecule has 3 aromatic rings. The van der Waals surface area contributed by atoms with Crippen molar-refractivity contribution in [3.63, 3.8) is 0 Å². The Balaban J connectivity index is 2.02. The summed E-state index contributed by atoms with van der Waals surface area (Å²) in [4.78, 5) is 11.2. The van der Waals surface area contributed by atoms with Gasteiger partial charge in [0.1, 0.15) is 5.75 Å². The molecule has 0 spiro atoms. The number of aromatic hydroxyl groups is 1. The number of carboxylic acid groups (broad SMARTS) is 1. The molecule has 6 nitrogen and oxygen atoms in total. The fourth-order valence-corrected chi connectivity index (χ4v) is 4.70. The van der Waals surface area contributed by atoms with E-state index in [1.807, 2.05) is 6.92 Å². The van der Waals surface area contributed by atoms with Crippen molar-refractivity contribution in [2.75, 3.05) is 10.5 Å². The van der Waals surface area contributed by atoms with Gasteiger partial charge in [-0.05, 0) is 31.5 Å². The Morgan fingerprint density at radius 2 is 1.75 bits per heavy atom. The number of fused-ring (bicyclic) bond motifs is 1. The second-order valence-corrected chi connectivity index (χ2v) is 9.02. The second-order valence-electron chi connectivity index (χ2n) is 6.21. The Morgan fingerprint density at radius 3 is 2.39 bits per heavy atom. The first-order valence-electron chi connectivity index (χ1n) is 8.45. The van der Waals surface area contributed by atoms with Gasteiger partial charge in [-0.15, -0.1) is 11.8 Å². The number of carbonyl (C=O) groups excluding carboxylic acids is 1. The van der Waals surface area contributed by atoms with E-state index < -0.39 is 16.0 Å². The highest BCUT2D eigenvalue weighted by atomic mass is 32.2. The molecular formula is C20H18NO5S2-. The van der Waals surface area contributed by atoms with Crippen LogP contribution in [0.3, 0.4) is 0 Å². The minimum absolute atomic E-state index is 0.0165. The van der Waals surface area contributed by atoms with E-state index in [0.29, 0.717) is 21.4 Å². The summed E-state index contributed by atoms with van der Waals surface area (Å²) < 4.78 is 28.2. The van der Waals surface area contributed by atoms with Gasteiger partial charge in [-0.3, -0.25) is 4.72 Å². The summed E-state index contributed by atoms with van der Waals surface area (Å²) in [6, 6.07) is 14.9. The molecule has 0 saturated heterocycles. The van der Waals surface area contributed by atoms with Crippen LogP contribution in [0.2, 0.25) is 0 Å². The number of phenolic OH excluding ortho intramolecular Hbond substituents is 1. The number of aliphatic carboxylic acids is 1. The summed E-state index contributed by atoms with van der Waals surface area (Å²) >= 11 is 1.12. The maximum absolute atomic E-state index is 12.8. The summed E-state index contributed by atoms with van der Waals surface area (Å²) in [6.07, 6.45) is -0.179. The standard InChI is InChI=1S/C20H19NO5S2/c1-13-6-8-14(9-7-13)28(25,26)21-17-12-18(27-11-10-19(22)23)20(24)16-5-3-2-4-15(16)17/h2-9,12,21,24H,10-11H2,1H3,(H,22,23)/p-1. The number of nitrogens with one attached hydrogen (secondary N) is 1. The quantitative estimate of drug-likeness (QED) is 0.453. The van der Waals surface area contributed by atoms with E-state index >= 15 is 0 Å². The third kappa shape index (κ3) is 4.40. The molecule has 2 N–H and O–H groups in total. The largest absolute Gasteiger partial charge is 0.550 e. The van der Waals surface area contributed by atoms with Gasteiger partial charge in [0.2, 0.25) is 0 Å². The number of carbonyl (C=O) groups is 1. The number of hydrogen-bond donors (Lipinski definition) is 2. The second kappa shape index (κ2) is 8.12. The SMILES string of the molecule is Cc1ccc(S(=O)(=O)Nc2cc(SCCC(=O)[O-])c(O)c3ccccc23)cc1. The lowest BCUT2D eigenvalue weighted by molar-refractivity contribution is -0.305. The Hall–Kier alpha value is -2.71. The van der Waals surface area contributed by atoms with E-state index in [1.54, 1.807) is 36.4 Å². The van der Waals surface area contributed by atoms with Crippen LogP contribution < -0.4 is 9.83 Å². The molecule has 0 fully saturated rings. The molecule has 0 aliphatic heterocycles. The highest BCUT2D eigenvalue weighted by molar-refractivity contribution is 7.99. The van der Waals surface area contributed by atoms with Crippen LogP contribution in [-0.2, 0) is 14.8 Å². The zero-order chi connectivity index (χ0) is 20.3. The molecule has 146 valence electrons. The van der Waals surface area contributed by atoms with E-state index in [9.17, 15) is 23.4 Å². The number of thioether (sulfide) groups is 1. The first-order valence-corrected chi connectivity index (χ1v) is 10.9. The van der Waals surface area contributed by atoms with Crippen LogP contribution in [-0.4, -0.2) is 25.2 Å². The summed E-state index contributed by atoms with van der Waals surface area (Å²) in [6.45, 7) is 1.87. The zero-order valence-electron chi connectivity index (χ0n) is 15.0. The van der Waals surface area contributed by atoms with Crippen molar-refractivity contribution in [3.8, 4) is 5.75 Å². The smallest absolute Gasteiger partial charge is 0.261 e. The fraction of sp³-hybridized carbons (Fsp3) is 0.150. The van der Waals surface area contributed by atoms with Gasteiger partial charge in [-0.2, -0.15) is 0 Å². The molecule has 3 rings (SSSR count). The van der Waals surface area contributed by atoms with Crippen molar-refractivity contribution >= 4 is 44.2 Å². The van der Waals surface area contributed by atoms with Gasteiger partial charge in [0.05, 0.1) is 15.5 Å². The van der Waals surface area contributed by atoms with Crippen molar-refractivity contribution in [1.29, 1.82) is 0 Å². The first-order chi connectivity index (χ1) is 13.3. The van der Waals surface area contributed by atoms with Gasteiger partial charge in [-0.1, -0.05) is 42.0 Å². The van der Waals surface area contributed by atoms with Gasteiger partial charge in [0, 0.05) is 22.5 Å². The van der Waals surface area contributed by atoms with Crippen molar-refractivity contribution in [2.24, 2.45) is 0 Å². The van der Waals surface area contributed by atoms with Crippen LogP contribution in [0, 0.1) is 6.92 Å². The molecule has 3 aromatic carbocycles. The van der Waals surface area contributed by atoms with E-state index in [-0.39, 0.29) is 22.8 Å². The molecule has 0 atom stereocenters. The molecule has 0 aromatic heterocycles. The van der Waals surface area contributed by atoms with Crippen LogP contribution in [0.25, 0.3) is 10.8 Å². The predicted octanol–water partition coefficient (Wildman–Crippen LogP) is 2.89. The number of benzene rings is 3. The Kier molecular flexibility index (Phi) is 5.81. The highest BCUT2D eigenvalue weighted by Gasteiger charge is 2.18. The lowest BCUT2D eigenvalue weighted by Crippen LogP contribution is -2.22. The minimum atomic E-state index is -3.83. The van der Waals surface area contributed by atoms with Crippen LogP contribution >= 0.6 is 11.8 Å². The summed E-state index contributed by atoms with van der Waals surface area (Å²) in [5.74, 6) is -1.01. The zero-order valence-corrected chi connectivity index (χ0v) is 16.6. The third-order valence-corrected chi connectivity index (χ3v) is 6.53. The number of rotatable bonds is 7. The molecule has 8 heteroatoms. The predicted molar refractivity (Wildman–Crippen MR) is 108 cm³/mol. The molecule has 0 aliphatic rings. The normalized spacial score (nSPS) is 11.5. The molecule has 0 heterocycles. The Morgan fingerprint density at radius 1 is 1.11 bits per heavy atom. The van der Waals surface area contributed by atoms with Crippen molar-refractivity contribution < 1.29 is 23.4 Å². The summed E-state index contributed by atoms with van der Waals surface area (Å²) in [7, 11) is -3.83. The van der Waals surface area contributed by atoms with Crippen molar-refractivity contribution in [1.82, 2.24) is 0 Å². The Labute approximate surface area is 167 Å². The molecular weight excluding hydrogens is 398 g/mol. The van der Waals surface area contributed by atoms with Gasteiger partial charge in [0.15, 0.2) is 0 Å². The number of carboxylic acids is 1. The summed E-state index contributed by atoms with van der Waals surface area (Å²) in [5.41, 5.74) is 1.26. The average molecular weight is 417 g/mol. The maximum Gasteiger partial charge on any atom is 0.261 e. The van der Waals surface area contributed by atoms with Gasteiger partial charge < -0.3 is 15.0 Å². The molecule has 0 bridgehead atoms. The topological polar surface area (TPSA) is 107 Å². The van der Waals surface area contributed by atoms with Crippen molar-refractivity contribution in [2.45, 2.75) is 23.1 Å². The monoisotopic (exact) mass is 416 g/mol. The fourth-order valence-electron chi connectivity index (χ4n) is 2.69. The van der Waals surface area contributed by atoms with E-state index in [0.717, 1.165) is 17.3 Å². The van der Waals surface area contributed by atoms with Gasteiger partial charge in [0.25, 0.3) is 10.0 Å². The van der Waals surface area contributed by atoms with Crippen LogP contribution in [0.4, 0.5) is 5.69 Å². The molecule has 0 amide bonds. The number of sulfonamides is 1. The first kappa shape index (κ1) is 20.0. The Bertz CT molecular complexity index is 1130. The molecule has 0 aliphatic carbocycles. The lowest BCUT2D eigenvalue weighted by atomic mass is 10.1.